The number of hydrogen-bond donors (Lipinski definition) is 1. The van der Waals surface area contributed by atoms with Crippen molar-refractivity contribution in [2.75, 3.05) is 7.11 Å². The number of nitrogens with zero attached hydrogens (tertiary/aromatic N) is 1. The van der Waals surface area contributed by atoms with E-state index in [4.69, 9.17) is 16.3 Å². The van der Waals surface area contributed by atoms with E-state index in [0.717, 1.165) is 16.9 Å². The first-order valence-corrected chi connectivity index (χ1v) is 10.7. The first-order valence-electron chi connectivity index (χ1n) is 10.3. The fourth-order valence-electron chi connectivity index (χ4n) is 3.31. The van der Waals surface area contributed by atoms with Crippen LogP contribution in [0.2, 0.25) is 5.02 Å². The molecule has 2 aromatic carbocycles. The molecule has 0 spiro atoms. The summed E-state index contributed by atoms with van der Waals surface area (Å²) in [5.74, 6) is 0.545. The van der Waals surface area contributed by atoms with Crippen molar-refractivity contribution in [2.24, 2.45) is 0 Å². The van der Waals surface area contributed by atoms with E-state index < -0.39 is 6.04 Å². The molecule has 0 saturated carbocycles. The van der Waals surface area contributed by atoms with Crippen molar-refractivity contribution in [3.05, 3.63) is 64.7 Å². The molecule has 2 amide bonds. The van der Waals surface area contributed by atoms with Gasteiger partial charge in [-0.1, -0.05) is 48.9 Å². The summed E-state index contributed by atoms with van der Waals surface area (Å²) >= 11 is 6.24. The van der Waals surface area contributed by atoms with Crippen LogP contribution < -0.4 is 10.1 Å². The summed E-state index contributed by atoms with van der Waals surface area (Å²) in [6, 6.07) is 14.5. The SMILES string of the molecule is CCC(C(=O)NC(C)C)N(Cc1ccc(OC)cc1)C(=O)CCc1ccccc1Cl. The van der Waals surface area contributed by atoms with Gasteiger partial charge in [0, 0.05) is 24.0 Å². The number of halogens is 1. The highest BCUT2D eigenvalue weighted by atomic mass is 35.5. The molecule has 1 unspecified atom stereocenters. The Balaban J connectivity index is 2.22. The van der Waals surface area contributed by atoms with Crippen molar-refractivity contribution in [3.63, 3.8) is 0 Å². The first-order chi connectivity index (χ1) is 14.3. The minimum atomic E-state index is -0.534. The van der Waals surface area contributed by atoms with E-state index in [-0.39, 0.29) is 24.3 Å². The molecule has 0 fully saturated rings. The maximum atomic E-state index is 13.2. The van der Waals surface area contributed by atoms with Gasteiger partial charge in [0.25, 0.3) is 0 Å². The Bertz CT molecular complexity index is 837. The molecule has 0 heterocycles. The molecule has 0 aliphatic rings. The summed E-state index contributed by atoms with van der Waals surface area (Å²) in [5, 5.41) is 3.59. The Morgan fingerprint density at radius 2 is 1.77 bits per heavy atom. The highest BCUT2D eigenvalue weighted by Crippen LogP contribution is 2.20. The van der Waals surface area contributed by atoms with Crippen LogP contribution in [0.1, 0.15) is 44.7 Å². The molecule has 5 nitrogen and oxygen atoms in total. The third-order valence-corrected chi connectivity index (χ3v) is 5.26. The number of rotatable bonds is 10. The van der Waals surface area contributed by atoms with Crippen LogP contribution in [0.5, 0.6) is 5.75 Å². The number of carbonyl (C=O) groups excluding carboxylic acids is 2. The molecule has 6 heteroatoms. The van der Waals surface area contributed by atoms with Gasteiger partial charge in [0.1, 0.15) is 11.8 Å². The molecule has 0 aromatic heterocycles. The number of amides is 2. The molecule has 0 aliphatic carbocycles. The van der Waals surface area contributed by atoms with E-state index in [1.54, 1.807) is 12.0 Å². The van der Waals surface area contributed by atoms with Crippen molar-refractivity contribution < 1.29 is 14.3 Å². The van der Waals surface area contributed by atoms with Gasteiger partial charge < -0.3 is 15.0 Å². The van der Waals surface area contributed by atoms with Crippen LogP contribution in [-0.2, 0) is 22.6 Å². The molecular weight excluding hydrogens is 400 g/mol. The minimum absolute atomic E-state index is 0.00705. The highest BCUT2D eigenvalue weighted by Gasteiger charge is 2.28. The van der Waals surface area contributed by atoms with E-state index in [9.17, 15) is 9.59 Å². The molecule has 0 saturated heterocycles. The van der Waals surface area contributed by atoms with Crippen molar-refractivity contribution in [1.82, 2.24) is 10.2 Å². The van der Waals surface area contributed by atoms with Gasteiger partial charge in [-0.05, 0) is 56.0 Å². The Morgan fingerprint density at radius 1 is 1.10 bits per heavy atom. The smallest absolute Gasteiger partial charge is 0.243 e. The van der Waals surface area contributed by atoms with Gasteiger partial charge in [0.15, 0.2) is 0 Å². The van der Waals surface area contributed by atoms with Gasteiger partial charge in [0.05, 0.1) is 7.11 Å². The normalized spacial score (nSPS) is 11.8. The van der Waals surface area contributed by atoms with Crippen LogP contribution in [0, 0.1) is 0 Å². The molecule has 1 N–H and O–H groups in total. The lowest BCUT2D eigenvalue weighted by molar-refractivity contribution is -0.141. The summed E-state index contributed by atoms with van der Waals surface area (Å²) in [6.07, 6.45) is 1.34. The van der Waals surface area contributed by atoms with Gasteiger partial charge in [-0.25, -0.2) is 0 Å². The van der Waals surface area contributed by atoms with Crippen LogP contribution in [-0.4, -0.2) is 35.9 Å². The molecule has 0 radical (unpaired) electrons. The topological polar surface area (TPSA) is 58.6 Å². The number of nitrogens with one attached hydrogen (secondary N) is 1. The van der Waals surface area contributed by atoms with E-state index in [2.05, 4.69) is 5.32 Å². The summed E-state index contributed by atoms with van der Waals surface area (Å²) in [5.41, 5.74) is 1.87. The average molecular weight is 431 g/mol. The zero-order valence-electron chi connectivity index (χ0n) is 18.2. The van der Waals surface area contributed by atoms with Gasteiger partial charge in [-0.15, -0.1) is 0 Å². The van der Waals surface area contributed by atoms with Crippen LogP contribution in [0.3, 0.4) is 0 Å². The van der Waals surface area contributed by atoms with Gasteiger partial charge in [-0.3, -0.25) is 9.59 Å². The second-order valence-corrected chi connectivity index (χ2v) is 7.96. The highest BCUT2D eigenvalue weighted by molar-refractivity contribution is 6.31. The summed E-state index contributed by atoms with van der Waals surface area (Å²) < 4.78 is 5.21. The third-order valence-electron chi connectivity index (χ3n) is 4.89. The van der Waals surface area contributed by atoms with Crippen molar-refractivity contribution >= 4 is 23.4 Å². The molecule has 30 heavy (non-hydrogen) atoms. The largest absolute Gasteiger partial charge is 0.497 e. The van der Waals surface area contributed by atoms with Gasteiger partial charge >= 0.3 is 0 Å². The lowest BCUT2D eigenvalue weighted by atomic mass is 10.1. The monoisotopic (exact) mass is 430 g/mol. The number of benzene rings is 2. The summed E-state index contributed by atoms with van der Waals surface area (Å²) in [6.45, 7) is 6.11. The number of hydrogen-bond acceptors (Lipinski definition) is 3. The van der Waals surface area contributed by atoms with Crippen molar-refractivity contribution in [1.29, 1.82) is 0 Å². The zero-order chi connectivity index (χ0) is 22.1. The maximum Gasteiger partial charge on any atom is 0.243 e. The molecule has 0 aliphatic heterocycles. The lowest BCUT2D eigenvalue weighted by Crippen LogP contribution is -2.50. The van der Waals surface area contributed by atoms with Crippen LogP contribution >= 0.6 is 11.6 Å². The van der Waals surface area contributed by atoms with Crippen LogP contribution in [0.25, 0.3) is 0 Å². The number of methoxy groups -OCH3 is 1. The molecule has 162 valence electrons. The Hall–Kier alpha value is -2.53. The molecule has 0 bridgehead atoms. The third kappa shape index (κ3) is 6.77. The Morgan fingerprint density at radius 3 is 2.33 bits per heavy atom. The van der Waals surface area contributed by atoms with Crippen LogP contribution in [0.4, 0.5) is 0 Å². The fraction of sp³-hybridized carbons (Fsp3) is 0.417. The fourth-order valence-corrected chi connectivity index (χ4v) is 3.54. The second kappa shape index (κ2) is 11.6. The zero-order valence-corrected chi connectivity index (χ0v) is 18.9. The van der Waals surface area contributed by atoms with Crippen molar-refractivity contribution in [2.45, 2.75) is 58.7 Å². The lowest BCUT2D eigenvalue weighted by Gasteiger charge is -2.31. The number of carbonyl (C=O) groups is 2. The minimum Gasteiger partial charge on any atom is -0.497 e. The van der Waals surface area contributed by atoms with Crippen molar-refractivity contribution in [3.8, 4) is 5.75 Å². The predicted molar refractivity (Wildman–Crippen MR) is 121 cm³/mol. The number of ether oxygens (including phenoxy) is 1. The second-order valence-electron chi connectivity index (χ2n) is 7.55. The van der Waals surface area contributed by atoms with E-state index in [0.29, 0.717) is 24.4 Å². The summed E-state index contributed by atoms with van der Waals surface area (Å²) in [4.78, 5) is 27.7. The van der Waals surface area contributed by atoms with E-state index >= 15 is 0 Å². The Labute approximate surface area is 184 Å². The quantitative estimate of drug-likeness (QED) is 0.598. The standard InChI is InChI=1S/C24H31ClN2O3/c1-5-22(24(29)26-17(2)3)27(16-18-10-13-20(30-4)14-11-18)23(28)15-12-19-8-6-7-9-21(19)25/h6-11,13-14,17,22H,5,12,15-16H2,1-4H3,(H,26,29). The number of aryl methyl sites for hydroxylation is 1. The predicted octanol–water partition coefficient (Wildman–Crippen LogP) is 4.61. The van der Waals surface area contributed by atoms with Gasteiger partial charge in [-0.2, -0.15) is 0 Å². The molecule has 1 atom stereocenters. The molecular formula is C24H31ClN2O3. The van der Waals surface area contributed by atoms with E-state index in [1.165, 1.54) is 0 Å². The summed E-state index contributed by atoms with van der Waals surface area (Å²) in [7, 11) is 1.61. The maximum absolute atomic E-state index is 13.2. The molecule has 2 rings (SSSR count). The molecule has 2 aromatic rings. The Kier molecular flexibility index (Phi) is 9.18. The van der Waals surface area contributed by atoms with E-state index in [1.807, 2.05) is 69.3 Å². The first kappa shape index (κ1) is 23.7. The average Bonchev–Trinajstić information content (AvgIpc) is 2.72. The van der Waals surface area contributed by atoms with Crippen LogP contribution in [0.15, 0.2) is 48.5 Å². The van der Waals surface area contributed by atoms with Gasteiger partial charge in [0.2, 0.25) is 11.8 Å².